The van der Waals surface area contributed by atoms with E-state index in [9.17, 15) is 0 Å². The van der Waals surface area contributed by atoms with Gasteiger partial charge in [0, 0.05) is 0 Å². The lowest BCUT2D eigenvalue weighted by Gasteiger charge is -2.25. The highest BCUT2D eigenvalue weighted by Crippen LogP contribution is 2.51. The largest absolute Gasteiger partial charge is 0.473 e. The first-order valence-electron chi connectivity index (χ1n) is 17.2. The van der Waals surface area contributed by atoms with Gasteiger partial charge in [-0.25, -0.2) is 9.98 Å². The van der Waals surface area contributed by atoms with Crippen LogP contribution in [0.5, 0.6) is 0 Å². The summed E-state index contributed by atoms with van der Waals surface area (Å²) in [6, 6.07) is 43.1. The number of nitrogens with zero attached hydrogens (tertiary/aromatic N) is 4. The molecule has 2 saturated heterocycles. The molecule has 4 atom stereocenters. The molecule has 5 heterocycles. The van der Waals surface area contributed by atoms with E-state index < -0.39 is 0 Å². The van der Waals surface area contributed by atoms with Gasteiger partial charge in [0.1, 0.15) is 26.4 Å². The minimum Gasteiger partial charge on any atom is -0.473 e. The van der Waals surface area contributed by atoms with Gasteiger partial charge < -0.3 is 18.9 Å². The molecule has 0 spiro atoms. The summed E-state index contributed by atoms with van der Waals surface area (Å²) in [5, 5.41) is 0. The van der Waals surface area contributed by atoms with Crippen molar-refractivity contribution in [3.63, 3.8) is 0 Å². The van der Waals surface area contributed by atoms with Gasteiger partial charge in [-0.3, -0.25) is 9.34 Å². The normalized spacial score (nSPS) is 23.3. The zero-order valence-corrected chi connectivity index (χ0v) is 28.4. The van der Waals surface area contributed by atoms with Crippen molar-refractivity contribution in [1.29, 1.82) is 0 Å². The van der Waals surface area contributed by atoms with E-state index in [2.05, 4.69) is 104 Å². The molecule has 0 radical (unpaired) electrons. The summed E-state index contributed by atoms with van der Waals surface area (Å²) in [7, 11) is 0.583. The molecule has 8 nitrogen and oxygen atoms in total. The van der Waals surface area contributed by atoms with Crippen LogP contribution in [-0.4, -0.2) is 71.7 Å². The fourth-order valence-electron chi connectivity index (χ4n) is 6.79. The molecule has 49 heavy (non-hydrogen) atoms. The predicted octanol–water partition coefficient (Wildman–Crippen LogP) is 6.59. The lowest BCUT2D eigenvalue weighted by atomic mass is 10.1. The number of aliphatic imine (C=N–C) groups is 2. The number of benzene rings is 4. The van der Waals surface area contributed by atoms with Gasteiger partial charge >= 0.3 is 0 Å². The Balaban J connectivity index is 0.000000142. The second-order valence-electron chi connectivity index (χ2n) is 12.9. The van der Waals surface area contributed by atoms with E-state index in [-0.39, 0.29) is 12.1 Å². The Morgan fingerprint density at radius 1 is 0.449 bits per heavy atom. The zero-order chi connectivity index (χ0) is 32.8. The summed E-state index contributed by atoms with van der Waals surface area (Å²) >= 11 is 0. The Labute approximate surface area is 290 Å². The molecule has 5 aliphatic heterocycles. The maximum atomic E-state index is 6.02. The SMILES string of the molecule is c1ccc(C[C@H]2COC(C3=N[C@@H](Cc4ccccc4)CO3)=N2)cc1.c1ccc(C[C@H]2COC3=C4OC[C@H](Cc5ccccc5)N4PN32)cc1. The van der Waals surface area contributed by atoms with Gasteiger partial charge in [-0.15, -0.1) is 0 Å². The van der Waals surface area contributed by atoms with E-state index in [4.69, 9.17) is 18.9 Å². The molecule has 2 fully saturated rings. The molecule has 0 aliphatic carbocycles. The van der Waals surface area contributed by atoms with Crippen LogP contribution in [0, 0.1) is 0 Å². The third-order valence-electron chi connectivity index (χ3n) is 9.26. The van der Waals surface area contributed by atoms with E-state index in [1.54, 1.807) is 0 Å². The fourth-order valence-corrected chi connectivity index (χ4v) is 8.18. The Morgan fingerprint density at radius 2 is 0.796 bits per heavy atom. The van der Waals surface area contributed by atoms with Crippen LogP contribution in [0.1, 0.15) is 22.3 Å². The minimum atomic E-state index is 0.141. The standard InChI is InChI=1S/C20H21N2O2P.C20H20N2O2/c1-3-7-15(8-4-1)11-17-13-23-19-20-22(25-21(17)19)18(14-24-20)12-16-9-5-2-6-10-16;1-3-7-15(8-4-1)11-17-13-23-19(21-17)20-22-18(14-24-20)12-16-9-5-2-6-10-16/h1-10,17-18,25H,11-14H2;1-10,17-18H,11-14H2/t2*17-,18-/m00/s1. The van der Waals surface area contributed by atoms with Crippen molar-refractivity contribution in [2.45, 2.75) is 49.9 Å². The van der Waals surface area contributed by atoms with Crippen molar-refractivity contribution in [1.82, 2.24) is 9.34 Å². The van der Waals surface area contributed by atoms with Gasteiger partial charge in [0.15, 0.2) is 0 Å². The summed E-state index contributed by atoms with van der Waals surface area (Å²) in [6.45, 7) is 2.69. The summed E-state index contributed by atoms with van der Waals surface area (Å²) in [5.41, 5.74) is 5.27. The lowest BCUT2D eigenvalue weighted by Crippen LogP contribution is -2.29. The molecule has 0 bridgehead atoms. The van der Waals surface area contributed by atoms with Crippen LogP contribution in [0.15, 0.2) is 143 Å². The highest BCUT2D eigenvalue weighted by Gasteiger charge is 2.47. The maximum Gasteiger partial charge on any atom is 0.273 e. The van der Waals surface area contributed by atoms with Crippen molar-refractivity contribution in [3.05, 3.63) is 155 Å². The first kappa shape index (κ1) is 31.5. The Morgan fingerprint density at radius 3 is 1.16 bits per heavy atom. The molecule has 9 rings (SSSR count). The van der Waals surface area contributed by atoms with Gasteiger partial charge in [0.2, 0.25) is 0 Å². The van der Waals surface area contributed by atoms with E-state index in [1.807, 2.05) is 36.4 Å². The summed E-state index contributed by atoms with van der Waals surface area (Å²) < 4.78 is 28.3. The summed E-state index contributed by atoms with van der Waals surface area (Å²) in [5.74, 6) is 3.03. The van der Waals surface area contributed by atoms with E-state index in [1.165, 1.54) is 22.3 Å². The van der Waals surface area contributed by atoms with Crippen LogP contribution in [0.25, 0.3) is 0 Å². The quantitative estimate of drug-likeness (QED) is 0.187. The molecule has 0 N–H and O–H groups in total. The van der Waals surface area contributed by atoms with Gasteiger partial charge in [-0.2, -0.15) is 0 Å². The highest BCUT2D eigenvalue weighted by atomic mass is 31.1. The number of hydrogen-bond acceptors (Lipinski definition) is 8. The van der Waals surface area contributed by atoms with Crippen LogP contribution >= 0.6 is 8.88 Å². The molecular weight excluding hydrogens is 631 g/mol. The molecule has 0 aromatic heterocycles. The fraction of sp³-hybridized carbons (Fsp3) is 0.300. The van der Waals surface area contributed by atoms with Crippen molar-refractivity contribution in [3.8, 4) is 0 Å². The smallest absolute Gasteiger partial charge is 0.273 e. The number of hydrogen-bond donors (Lipinski definition) is 0. The molecule has 0 unspecified atom stereocenters. The Hall–Kier alpha value is -4.81. The van der Waals surface area contributed by atoms with E-state index in [0.717, 1.165) is 50.7 Å². The molecule has 250 valence electrons. The summed E-state index contributed by atoms with van der Waals surface area (Å²) in [6.07, 6.45) is 3.79. The molecule has 4 aromatic carbocycles. The minimum absolute atomic E-state index is 0.141. The average Bonchev–Trinajstić information content (AvgIpc) is 3.98. The number of ether oxygens (including phenoxy) is 4. The topological polar surface area (TPSA) is 68.1 Å². The molecular formula is C40H41N4O4P. The maximum absolute atomic E-state index is 6.02. The van der Waals surface area contributed by atoms with Crippen LogP contribution in [0.2, 0.25) is 0 Å². The second-order valence-corrected chi connectivity index (χ2v) is 14.1. The molecule has 0 saturated carbocycles. The molecule has 4 aromatic rings. The third-order valence-corrected chi connectivity index (χ3v) is 10.8. The van der Waals surface area contributed by atoms with Crippen LogP contribution in [0.3, 0.4) is 0 Å². The zero-order valence-electron chi connectivity index (χ0n) is 27.4. The van der Waals surface area contributed by atoms with Gasteiger partial charge in [0.25, 0.3) is 23.6 Å². The van der Waals surface area contributed by atoms with Crippen molar-refractivity contribution in [2.24, 2.45) is 9.98 Å². The van der Waals surface area contributed by atoms with Crippen LogP contribution in [0.4, 0.5) is 0 Å². The van der Waals surface area contributed by atoms with Crippen LogP contribution < -0.4 is 0 Å². The first-order valence-corrected chi connectivity index (χ1v) is 18.1. The Bertz CT molecular complexity index is 1660. The molecule has 9 heteroatoms. The van der Waals surface area contributed by atoms with Gasteiger partial charge in [0.05, 0.1) is 33.0 Å². The second kappa shape index (κ2) is 14.8. The third kappa shape index (κ3) is 7.45. The monoisotopic (exact) mass is 672 g/mol. The summed E-state index contributed by atoms with van der Waals surface area (Å²) in [4.78, 5) is 9.29. The predicted molar refractivity (Wildman–Crippen MR) is 193 cm³/mol. The van der Waals surface area contributed by atoms with E-state index in [0.29, 0.717) is 46.0 Å². The lowest BCUT2D eigenvalue weighted by molar-refractivity contribution is 0.189. The van der Waals surface area contributed by atoms with Crippen LogP contribution in [-0.2, 0) is 44.6 Å². The molecule has 0 amide bonds. The van der Waals surface area contributed by atoms with Gasteiger partial charge in [-0.1, -0.05) is 121 Å². The molecule has 5 aliphatic rings. The van der Waals surface area contributed by atoms with Crippen molar-refractivity contribution >= 4 is 20.7 Å². The van der Waals surface area contributed by atoms with Gasteiger partial charge in [-0.05, 0) is 47.9 Å². The highest BCUT2D eigenvalue weighted by molar-refractivity contribution is 7.33. The van der Waals surface area contributed by atoms with E-state index >= 15 is 0 Å². The van der Waals surface area contributed by atoms with Crippen molar-refractivity contribution in [2.75, 3.05) is 26.4 Å². The number of fused-ring (bicyclic) bond motifs is 2. The average molecular weight is 673 g/mol. The van der Waals surface area contributed by atoms with Crippen molar-refractivity contribution < 1.29 is 18.9 Å². The number of rotatable bonds is 9. The first-order chi connectivity index (χ1) is 24.2. The Kier molecular flexibility index (Phi) is 9.47.